The summed E-state index contributed by atoms with van der Waals surface area (Å²) in [7, 11) is 0. The van der Waals surface area contributed by atoms with Gasteiger partial charge in [-0.3, -0.25) is 4.79 Å². The Bertz CT molecular complexity index is 673. The molecule has 0 fully saturated rings. The van der Waals surface area contributed by atoms with Gasteiger partial charge in [0, 0.05) is 5.56 Å². The number of hydrogen-bond acceptors (Lipinski definition) is 1. The van der Waals surface area contributed by atoms with Crippen LogP contribution in [0.3, 0.4) is 0 Å². The second kappa shape index (κ2) is 5.20. The molecule has 0 amide bonds. The molecule has 0 aliphatic heterocycles. The van der Waals surface area contributed by atoms with Crippen molar-refractivity contribution in [2.24, 2.45) is 0 Å². The highest BCUT2D eigenvalue weighted by Gasteiger charge is 2.17. The highest BCUT2D eigenvalue weighted by molar-refractivity contribution is 6.09. The molecule has 2 heteroatoms. The van der Waals surface area contributed by atoms with Crippen LogP contribution in [-0.4, -0.2) is 5.78 Å². The first kappa shape index (κ1) is 13.0. The lowest BCUT2D eigenvalue weighted by atomic mass is 9.89. The van der Waals surface area contributed by atoms with Gasteiger partial charge in [-0.25, -0.2) is 4.39 Å². The fourth-order valence-electron chi connectivity index (χ4n) is 2.84. The molecular weight excluding hydrogens is 251 g/mol. The highest BCUT2D eigenvalue weighted by Crippen LogP contribution is 2.24. The summed E-state index contributed by atoms with van der Waals surface area (Å²) < 4.78 is 13.8. The predicted octanol–water partition coefficient (Wildman–Crippen LogP) is 4.24. The molecule has 0 unspecified atom stereocenters. The fourth-order valence-corrected chi connectivity index (χ4v) is 2.84. The summed E-state index contributed by atoms with van der Waals surface area (Å²) in [6.07, 6.45) is 4.49. The van der Waals surface area contributed by atoms with Gasteiger partial charge >= 0.3 is 0 Å². The third-order valence-corrected chi connectivity index (χ3v) is 3.98. The van der Waals surface area contributed by atoms with Gasteiger partial charge < -0.3 is 0 Å². The van der Waals surface area contributed by atoms with Crippen molar-refractivity contribution < 1.29 is 9.18 Å². The molecule has 0 heterocycles. The molecule has 3 rings (SSSR count). The molecule has 20 heavy (non-hydrogen) atoms. The molecule has 2 aromatic carbocycles. The molecule has 1 aliphatic carbocycles. The average Bonchev–Trinajstić information content (AvgIpc) is 2.48. The zero-order chi connectivity index (χ0) is 14.1. The van der Waals surface area contributed by atoms with Crippen LogP contribution in [0.4, 0.5) is 4.39 Å². The summed E-state index contributed by atoms with van der Waals surface area (Å²) >= 11 is 0. The van der Waals surface area contributed by atoms with E-state index in [1.165, 1.54) is 30.0 Å². The normalized spacial score (nSPS) is 13.9. The minimum absolute atomic E-state index is 0.167. The Morgan fingerprint density at radius 3 is 2.55 bits per heavy atom. The lowest BCUT2D eigenvalue weighted by Crippen LogP contribution is -2.08. The van der Waals surface area contributed by atoms with Crippen molar-refractivity contribution in [1.82, 2.24) is 0 Å². The topological polar surface area (TPSA) is 17.1 Å². The number of aryl methyl sites for hydroxylation is 3. The van der Waals surface area contributed by atoms with E-state index in [9.17, 15) is 9.18 Å². The number of hydrogen-bond donors (Lipinski definition) is 0. The van der Waals surface area contributed by atoms with E-state index in [4.69, 9.17) is 0 Å². The Hall–Kier alpha value is -1.96. The molecule has 102 valence electrons. The third kappa shape index (κ3) is 2.38. The van der Waals surface area contributed by atoms with Gasteiger partial charge in [-0.15, -0.1) is 0 Å². The van der Waals surface area contributed by atoms with Gasteiger partial charge in [0.2, 0.25) is 0 Å². The van der Waals surface area contributed by atoms with Crippen LogP contribution in [0.1, 0.15) is 45.5 Å². The van der Waals surface area contributed by atoms with Crippen LogP contribution in [0.2, 0.25) is 0 Å². The van der Waals surface area contributed by atoms with E-state index in [-0.39, 0.29) is 11.3 Å². The Balaban J connectivity index is 2.00. The summed E-state index contributed by atoms with van der Waals surface area (Å²) in [6, 6.07) is 10.5. The van der Waals surface area contributed by atoms with Crippen molar-refractivity contribution in [3.05, 3.63) is 70.0 Å². The maximum absolute atomic E-state index is 13.8. The highest BCUT2D eigenvalue weighted by atomic mass is 19.1. The first-order chi connectivity index (χ1) is 9.65. The molecule has 0 saturated heterocycles. The quantitative estimate of drug-likeness (QED) is 0.744. The van der Waals surface area contributed by atoms with Gasteiger partial charge in [-0.2, -0.15) is 0 Å². The zero-order valence-corrected chi connectivity index (χ0v) is 11.6. The monoisotopic (exact) mass is 268 g/mol. The van der Waals surface area contributed by atoms with Gasteiger partial charge in [0.1, 0.15) is 5.82 Å². The van der Waals surface area contributed by atoms with Crippen LogP contribution in [-0.2, 0) is 12.8 Å². The van der Waals surface area contributed by atoms with Crippen molar-refractivity contribution in [3.8, 4) is 0 Å². The van der Waals surface area contributed by atoms with E-state index in [1.54, 1.807) is 12.1 Å². The summed E-state index contributed by atoms with van der Waals surface area (Å²) in [5.74, 6) is -0.669. The van der Waals surface area contributed by atoms with Crippen molar-refractivity contribution >= 4 is 5.78 Å². The molecule has 0 radical (unpaired) electrons. The van der Waals surface area contributed by atoms with Crippen LogP contribution in [0, 0.1) is 12.7 Å². The van der Waals surface area contributed by atoms with Crippen LogP contribution in [0.25, 0.3) is 0 Å². The molecule has 1 nitrogen and oxygen atoms in total. The second-order valence-corrected chi connectivity index (χ2v) is 5.50. The number of carbonyl (C=O) groups excluding carboxylic acids is 1. The first-order valence-corrected chi connectivity index (χ1v) is 7.08. The van der Waals surface area contributed by atoms with Gasteiger partial charge in [0.25, 0.3) is 0 Å². The summed E-state index contributed by atoms with van der Waals surface area (Å²) in [6.45, 7) is 1.86. The molecule has 1 aliphatic rings. The Morgan fingerprint density at radius 2 is 1.75 bits per heavy atom. The van der Waals surface area contributed by atoms with Crippen molar-refractivity contribution in [1.29, 1.82) is 0 Å². The number of benzene rings is 2. The number of rotatable bonds is 2. The summed E-state index contributed by atoms with van der Waals surface area (Å²) in [4.78, 5) is 12.5. The number of ketones is 1. The van der Waals surface area contributed by atoms with Crippen molar-refractivity contribution in [2.45, 2.75) is 32.6 Å². The summed E-state index contributed by atoms with van der Waals surface area (Å²) in [5, 5.41) is 0. The number of halogens is 1. The maximum atomic E-state index is 13.8. The Kier molecular flexibility index (Phi) is 3.39. The smallest absolute Gasteiger partial charge is 0.195 e. The van der Waals surface area contributed by atoms with E-state index < -0.39 is 5.82 Å². The van der Waals surface area contributed by atoms with Gasteiger partial charge in [-0.05, 0) is 61.9 Å². The molecule has 0 atom stereocenters. The fraction of sp³-hybridized carbons (Fsp3) is 0.278. The molecule has 0 aromatic heterocycles. The van der Waals surface area contributed by atoms with Crippen LogP contribution < -0.4 is 0 Å². The van der Waals surface area contributed by atoms with Crippen LogP contribution in [0.15, 0.2) is 36.4 Å². The van der Waals surface area contributed by atoms with Gasteiger partial charge in [-0.1, -0.05) is 23.8 Å². The standard InChI is InChI=1S/C18H17FO/c1-12-6-9-17(19)16(10-12)18(20)15-8-7-13-4-2-3-5-14(13)11-15/h6-11H,2-5H2,1H3. The number of carbonyl (C=O) groups is 1. The molecule has 0 spiro atoms. The third-order valence-electron chi connectivity index (χ3n) is 3.98. The van der Waals surface area contributed by atoms with Gasteiger partial charge in [0.15, 0.2) is 5.78 Å². The first-order valence-electron chi connectivity index (χ1n) is 7.08. The van der Waals surface area contributed by atoms with Crippen LogP contribution >= 0.6 is 0 Å². The minimum atomic E-state index is -0.446. The maximum Gasteiger partial charge on any atom is 0.195 e. The zero-order valence-electron chi connectivity index (χ0n) is 11.6. The molecule has 2 aromatic rings. The van der Waals surface area contributed by atoms with E-state index in [0.717, 1.165) is 18.4 Å². The Labute approximate surface area is 118 Å². The molecule has 0 N–H and O–H groups in total. The number of fused-ring (bicyclic) bond motifs is 1. The lowest BCUT2D eigenvalue weighted by molar-refractivity contribution is 0.103. The molecular formula is C18H17FO. The SMILES string of the molecule is Cc1ccc(F)c(C(=O)c2ccc3c(c2)CCCC3)c1. The van der Waals surface area contributed by atoms with E-state index in [2.05, 4.69) is 0 Å². The second-order valence-electron chi connectivity index (χ2n) is 5.50. The van der Waals surface area contributed by atoms with E-state index in [0.29, 0.717) is 5.56 Å². The molecule has 0 saturated carbocycles. The largest absolute Gasteiger partial charge is 0.288 e. The summed E-state index contributed by atoms with van der Waals surface area (Å²) in [5.41, 5.74) is 4.23. The van der Waals surface area contributed by atoms with Gasteiger partial charge in [0.05, 0.1) is 5.56 Å². The van der Waals surface area contributed by atoms with Crippen molar-refractivity contribution in [3.63, 3.8) is 0 Å². The van der Waals surface area contributed by atoms with E-state index in [1.807, 2.05) is 25.1 Å². The van der Waals surface area contributed by atoms with E-state index >= 15 is 0 Å². The molecule has 0 bridgehead atoms. The lowest BCUT2D eigenvalue weighted by Gasteiger charge is -2.16. The Morgan fingerprint density at radius 1 is 1.00 bits per heavy atom. The minimum Gasteiger partial charge on any atom is -0.288 e. The average molecular weight is 268 g/mol. The van der Waals surface area contributed by atoms with Crippen LogP contribution in [0.5, 0.6) is 0 Å². The van der Waals surface area contributed by atoms with Crippen molar-refractivity contribution in [2.75, 3.05) is 0 Å². The predicted molar refractivity (Wildman–Crippen MR) is 77.7 cm³/mol.